The highest BCUT2D eigenvalue weighted by atomic mass is 32.2. The quantitative estimate of drug-likeness (QED) is 0.668. The average Bonchev–Trinajstić information content (AvgIpc) is 2.37. The topological polar surface area (TPSA) is 58.6 Å². The molecule has 1 N–H and O–H groups in total. The second kappa shape index (κ2) is 8.09. The molecule has 1 rings (SSSR count). The van der Waals surface area contributed by atoms with Gasteiger partial charge < -0.3 is 10.1 Å². The van der Waals surface area contributed by atoms with E-state index in [0.29, 0.717) is 32.2 Å². The van der Waals surface area contributed by atoms with Gasteiger partial charge in [-0.05, 0) is 32.2 Å². The number of piperidine rings is 1. The molecule has 1 saturated heterocycles. The van der Waals surface area contributed by atoms with E-state index in [-0.39, 0.29) is 5.75 Å². The van der Waals surface area contributed by atoms with Crippen LogP contribution in [0.5, 0.6) is 0 Å². The van der Waals surface area contributed by atoms with E-state index in [1.54, 1.807) is 11.4 Å². The molecular weight excluding hydrogens is 252 g/mol. The molecule has 0 radical (unpaired) electrons. The molecule has 1 heterocycles. The SMILES string of the molecule is CCCNC1CCCN(S(=O)(=O)CCCOC)C1. The average molecular weight is 278 g/mol. The van der Waals surface area contributed by atoms with Gasteiger partial charge in [0.1, 0.15) is 0 Å². The summed E-state index contributed by atoms with van der Waals surface area (Å²) in [4.78, 5) is 0. The summed E-state index contributed by atoms with van der Waals surface area (Å²) in [5.41, 5.74) is 0. The van der Waals surface area contributed by atoms with Crippen molar-refractivity contribution in [2.45, 2.75) is 38.6 Å². The van der Waals surface area contributed by atoms with E-state index in [9.17, 15) is 8.42 Å². The minimum Gasteiger partial charge on any atom is -0.385 e. The van der Waals surface area contributed by atoms with Crippen molar-refractivity contribution < 1.29 is 13.2 Å². The number of nitrogens with zero attached hydrogens (tertiary/aromatic N) is 1. The molecule has 0 saturated carbocycles. The highest BCUT2D eigenvalue weighted by Gasteiger charge is 2.27. The molecule has 0 bridgehead atoms. The summed E-state index contributed by atoms with van der Waals surface area (Å²) in [6, 6.07) is 0.316. The van der Waals surface area contributed by atoms with Crippen LogP contribution in [0.25, 0.3) is 0 Å². The van der Waals surface area contributed by atoms with Crippen molar-refractivity contribution >= 4 is 10.0 Å². The summed E-state index contributed by atoms with van der Waals surface area (Å²) < 4.78 is 30.8. The van der Waals surface area contributed by atoms with Crippen molar-refractivity contribution in [3.63, 3.8) is 0 Å². The zero-order valence-electron chi connectivity index (χ0n) is 11.5. The Morgan fingerprint density at radius 3 is 2.89 bits per heavy atom. The van der Waals surface area contributed by atoms with Gasteiger partial charge in [0, 0.05) is 32.8 Å². The van der Waals surface area contributed by atoms with Crippen molar-refractivity contribution in [2.75, 3.05) is 39.1 Å². The van der Waals surface area contributed by atoms with Crippen LogP contribution < -0.4 is 5.32 Å². The lowest BCUT2D eigenvalue weighted by atomic mass is 10.1. The first-order valence-electron chi connectivity index (χ1n) is 6.80. The Bertz CT molecular complexity index is 319. The summed E-state index contributed by atoms with van der Waals surface area (Å²) in [6.45, 7) is 4.87. The van der Waals surface area contributed by atoms with Crippen LogP contribution in [-0.2, 0) is 14.8 Å². The van der Waals surface area contributed by atoms with Gasteiger partial charge in [-0.2, -0.15) is 0 Å². The van der Waals surface area contributed by atoms with E-state index in [4.69, 9.17) is 4.74 Å². The second-order valence-electron chi connectivity index (χ2n) is 4.81. The van der Waals surface area contributed by atoms with Crippen molar-refractivity contribution in [1.82, 2.24) is 9.62 Å². The number of rotatable bonds is 8. The van der Waals surface area contributed by atoms with Crippen LogP contribution >= 0.6 is 0 Å². The van der Waals surface area contributed by atoms with Gasteiger partial charge in [-0.1, -0.05) is 6.92 Å². The van der Waals surface area contributed by atoms with Crippen LogP contribution in [0.4, 0.5) is 0 Å². The Labute approximate surface area is 111 Å². The molecule has 1 atom stereocenters. The van der Waals surface area contributed by atoms with Crippen molar-refractivity contribution in [3.05, 3.63) is 0 Å². The maximum Gasteiger partial charge on any atom is 0.214 e. The number of sulfonamides is 1. The summed E-state index contributed by atoms with van der Waals surface area (Å²) in [6.07, 6.45) is 3.68. The van der Waals surface area contributed by atoms with E-state index in [2.05, 4.69) is 12.2 Å². The van der Waals surface area contributed by atoms with Gasteiger partial charge in [0.2, 0.25) is 10.0 Å². The smallest absolute Gasteiger partial charge is 0.214 e. The van der Waals surface area contributed by atoms with Gasteiger partial charge in [0.05, 0.1) is 5.75 Å². The predicted octanol–water partition coefficient (Wildman–Crippen LogP) is 0.817. The van der Waals surface area contributed by atoms with Gasteiger partial charge in [-0.3, -0.25) is 0 Å². The zero-order chi connectivity index (χ0) is 13.4. The normalized spacial score (nSPS) is 22.2. The minimum atomic E-state index is -3.10. The van der Waals surface area contributed by atoms with E-state index < -0.39 is 10.0 Å². The van der Waals surface area contributed by atoms with Crippen molar-refractivity contribution in [1.29, 1.82) is 0 Å². The fraction of sp³-hybridized carbons (Fsp3) is 1.00. The van der Waals surface area contributed by atoms with E-state index >= 15 is 0 Å². The molecule has 1 unspecified atom stereocenters. The molecule has 0 aromatic rings. The molecule has 6 heteroatoms. The highest BCUT2D eigenvalue weighted by Crippen LogP contribution is 2.15. The van der Waals surface area contributed by atoms with Crippen LogP contribution in [0, 0.1) is 0 Å². The number of hydrogen-bond acceptors (Lipinski definition) is 4. The van der Waals surface area contributed by atoms with E-state index in [1.807, 2.05) is 0 Å². The first-order chi connectivity index (χ1) is 8.60. The Hall–Kier alpha value is -0.170. The Balaban J connectivity index is 2.43. The molecular formula is C12H26N2O3S. The minimum absolute atomic E-state index is 0.196. The summed E-state index contributed by atoms with van der Waals surface area (Å²) >= 11 is 0. The monoisotopic (exact) mass is 278 g/mol. The number of nitrogens with one attached hydrogen (secondary N) is 1. The van der Waals surface area contributed by atoms with Crippen LogP contribution in [0.15, 0.2) is 0 Å². The number of methoxy groups -OCH3 is 1. The molecule has 0 aromatic heterocycles. The number of hydrogen-bond donors (Lipinski definition) is 1. The van der Waals surface area contributed by atoms with Gasteiger partial charge >= 0.3 is 0 Å². The molecule has 1 fully saturated rings. The number of ether oxygens (including phenoxy) is 1. The van der Waals surface area contributed by atoms with Gasteiger partial charge in [0.15, 0.2) is 0 Å². The molecule has 5 nitrogen and oxygen atoms in total. The van der Waals surface area contributed by atoms with Crippen molar-refractivity contribution in [3.8, 4) is 0 Å². The standard InChI is InChI=1S/C12H26N2O3S/c1-3-7-13-12-6-4-8-14(11-12)18(15,16)10-5-9-17-2/h12-13H,3-11H2,1-2H3. The highest BCUT2D eigenvalue weighted by molar-refractivity contribution is 7.89. The summed E-state index contributed by atoms with van der Waals surface area (Å²) in [7, 11) is -1.50. The molecule has 0 spiro atoms. The lowest BCUT2D eigenvalue weighted by molar-refractivity contribution is 0.198. The Kier molecular flexibility index (Phi) is 7.14. The van der Waals surface area contributed by atoms with E-state index in [1.165, 1.54) is 0 Å². The Morgan fingerprint density at radius 2 is 2.22 bits per heavy atom. The zero-order valence-corrected chi connectivity index (χ0v) is 12.3. The second-order valence-corrected chi connectivity index (χ2v) is 6.90. The van der Waals surface area contributed by atoms with E-state index in [0.717, 1.165) is 25.8 Å². The van der Waals surface area contributed by atoms with Gasteiger partial charge in [0.25, 0.3) is 0 Å². The van der Waals surface area contributed by atoms with Crippen LogP contribution in [0.1, 0.15) is 32.6 Å². The van der Waals surface area contributed by atoms with Crippen LogP contribution in [0.2, 0.25) is 0 Å². The maximum atomic E-state index is 12.1. The largest absolute Gasteiger partial charge is 0.385 e. The summed E-state index contributed by atoms with van der Waals surface area (Å²) in [5.74, 6) is 0.196. The molecule has 1 aliphatic heterocycles. The third kappa shape index (κ3) is 5.22. The fourth-order valence-electron chi connectivity index (χ4n) is 2.22. The molecule has 0 amide bonds. The molecule has 0 aliphatic carbocycles. The van der Waals surface area contributed by atoms with Crippen LogP contribution in [0.3, 0.4) is 0 Å². The molecule has 108 valence electrons. The first kappa shape index (κ1) is 15.9. The first-order valence-corrected chi connectivity index (χ1v) is 8.41. The Morgan fingerprint density at radius 1 is 1.44 bits per heavy atom. The molecule has 0 aromatic carbocycles. The lowest BCUT2D eigenvalue weighted by Gasteiger charge is -2.32. The summed E-state index contributed by atoms with van der Waals surface area (Å²) in [5, 5.41) is 3.41. The third-order valence-corrected chi connectivity index (χ3v) is 5.13. The third-order valence-electron chi connectivity index (χ3n) is 3.21. The molecule has 1 aliphatic rings. The van der Waals surface area contributed by atoms with Crippen LogP contribution in [-0.4, -0.2) is 57.9 Å². The van der Waals surface area contributed by atoms with Crippen molar-refractivity contribution in [2.24, 2.45) is 0 Å². The van der Waals surface area contributed by atoms with Gasteiger partial charge in [-0.25, -0.2) is 12.7 Å². The molecule has 18 heavy (non-hydrogen) atoms. The lowest BCUT2D eigenvalue weighted by Crippen LogP contribution is -2.48. The maximum absolute atomic E-state index is 12.1. The van der Waals surface area contributed by atoms with Gasteiger partial charge in [-0.15, -0.1) is 0 Å². The predicted molar refractivity (Wildman–Crippen MR) is 73.2 cm³/mol. The fourth-order valence-corrected chi connectivity index (χ4v) is 3.78.